The van der Waals surface area contributed by atoms with E-state index in [1.807, 2.05) is 293 Å². The number of benzene rings is 12. The van der Waals surface area contributed by atoms with Gasteiger partial charge in [-0.1, -0.05) is 146 Å². The normalized spacial score (nSPS) is 10.3. The Morgan fingerprint density at radius 1 is 0.266 bits per heavy atom. The second-order valence-electron chi connectivity index (χ2n) is 27.8. The second kappa shape index (κ2) is 45.2. The van der Waals surface area contributed by atoms with Gasteiger partial charge in [-0.3, -0.25) is 0 Å². The van der Waals surface area contributed by atoms with E-state index in [-0.39, 0.29) is 43.4 Å². The summed E-state index contributed by atoms with van der Waals surface area (Å²) >= 11 is 9.39. The number of aromatic hydroxyl groups is 3. The number of thiophene rings is 6. The molecular formula is C107H91N3O6S6Ti2. The predicted octanol–water partition coefficient (Wildman–Crippen LogP) is 31.4. The van der Waals surface area contributed by atoms with Crippen LogP contribution in [0.2, 0.25) is 0 Å². The van der Waals surface area contributed by atoms with Gasteiger partial charge in [0, 0.05) is 75.5 Å². The fourth-order valence-corrected chi connectivity index (χ4v) is 19.1. The van der Waals surface area contributed by atoms with E-state index in [4.69, 9.17) is 4.74 Å². The van der Waals surface area contributed by atoms with Gasteiger partial charge in [-0.05, 0) is 50.6 Å². The molecule has 17 heteroatoms. The van der Waals surface area contributed by atoms with Crippen LogP contribution in [-0.2, 0) is 52.2 Å². The van der Waals surface area contributed by atoms with Crippen molar-refractivity contribution in [1.82, 2.24) is 13.7 Å². The maximum absolute atomic E-state index is 11.1. The molecule has 0 atom stereocenters. The Bertz CT molecular complexity index is 6180. The average Bonchev–Trinajstić information content (AvgIpc) is 1.60. The Hall–Kier alpha value is -12.3. The minimum absolute atomic E-state index is 0. The van der Waals surface area contributed by atoms with Crippen molar-refractivity contribution < 1.29 is 72.2 Å². The number of nitrogens with zero attached hydrogens (tertiary/aromatic N) is 3. The van der Waals surface area contributed by atoms with Crippen LogP contribution in [0.15, 0.2) is 376 Å². The van der Waals surface area contributed by atoms with Gasteiger partial charge in [-0.25, -0.2) is 0 Å². The molecule has 9 aromatic heterocycles. The molecule has 0 radical (unpaired) electrons. The molecule has 124 heavy (non-hydrogen) atoms. The van der Waals surface area contributed by atoms with Gasteiger partial charge < -0.3 is 42.5 Å². The molecule has 0 aliphatic rings. The maximum Gasteiger partial charge on any atom is 4.00 e. The quantitative estimate of drug-likeness (QED) is 0.0763. The molecule has 3 N–H and O–H groups in total. The number of para-hydroxylation sites is 6. The number of methoxy groups -OCH3 is 1. The molecule has 21 rings (SSSR count). The van der Waals surface area contributed by atoms with Crippen molar-refractivity contribution in [3.63, 3.8) is 0 Å². The Kier molecular flexibility index (Phi) is 33.7. The molecule has 0 aliphatic carbocycles. The Morgan fingerprint density at radius 2 is 0.460 bits per heavy atom. The summed E-state index contributed by atoms with van der Waals surface area (Å²) in [7, 11) is 13.2. The summed E-state index contributed by atoms with van der Waals surface area (Å²) < 4.78 is 17.2. The van der Waals surface area contributed by atoms with Crippen molar-refractivity contribution in [3.8, 4) is 82.9 Å². The van der Waals surface area contributed by atoms with E-state index in [2.05, 4.69) is 175 Å². The molecule has 9 heterocycles. The smallest absolute Gasteiger partial charge is 0.713 e. The summed E-state index contributed by atoms with van der Waals surface area (Å²) in [6.45, 7) is 22.3. The molecule has 0 aliphatic heterocycles. The molecule has 0 fully saturated rings. The first-order chi connectivity index (χ1) is 59.5. The van der Waals surface area contributed by atoms with E-state index in [1.165, 1.54) is 43.7 Å². The molecule has 614 valence electrons. The third-order valence-electron chi connectivity index (χ3n) is 19.3. The number of ether oxygens (including phenoxy) is 1. The predicted molar refractivity (Wildman–Crippen MR) is 526 cm³/mol. The van der Waals surface area contributed by atoms with Crippen molar-refractivity contribution >= 4 is 133 Å². The van der Waals surface area contributed by atoms with Crippen LogP contribution in [0, 0.1) is 55.8 Å². The van der Waals surface area contributed by atoms with E-state index in [0.717, 1.165) is 132 Å². The molecule has 0 saturated carbocycles. The molecule has 12 aromatic carbocycles. The number of hydrogen-bond donors (Lipinski definition) is 3. The van der Waals surface area contributed by atoms with Gasteiger partial charge in [-0.2, -0.15) is 148 Å². The maximum atomic E-state index is 11.1. The number of aromatic nitrogens is 3. The summed E-state index contributed by atoms with van der Waals surface area (Å²) in [5.74, 6) is 3.55. The number of rotatable bonds is 9. The first-order valence-corrected chi connectivity index (χ1v) is 44.2. The van der Waals surface area contributed by atoms with Gasteiger partial charge in [0.1, 0.15) is 20.0 Å². The first-order valence-electron chi connectivity index (χ1n) is 38.7. The molecule has 0 spiro atoms. The van der Waals surface area contributed by atoms with Crippen LogP contribution in [0.5, 0.6) is 34.5 Å². The Balaban J connectivity index is 0.000000146. The van der Waals surface area contributed by atoms with Crippen molar-refractivity contribution in [1.29, 1.82) is 0 Å². The zero-order valence-corrected chi connectivity index (χ0v) is 76.9. The van der Waals surface area contributed by atoms with Crippen molar-refractivity contribution in [2.24, 2.45) is 0 Å². The van der Waals surface area contributed by atoms with E-state index >= 15 is 0 Å². The molecule has 21 aromatic rings. The van der Waals surface area contributed by atoms with Crippen LogP contribution in [-0.4, -0.2) is 50.4 Å². The fraction of sp³-hybridized carbons (Fsp3) is 0.0280. The Morgan fingerprint density at radius 3 is 0.661 bits per heavy atom. The summed E-state index contributed by atoms with van der Waals surface area (Å²) in [6, 6.07) is 109. The van der Waals surface area contributed by atoms with Crippen molar-refractivity contribution in [3.05, 3.63) is 465 Å². The van der Waals surface area contributed by atoms with E-state index in [1.54, 1.807) is 63.8 Å². The van der Waals surface area contributed by atoms with Crippen LogP contribution in [0.4, 0.5) is 0 Å². The minimum atomic E-state index is 0. The van der Waals surface area contributed by atoms with Crippen LogP contribution in [0.1, 0.15) is 33.4 Å². The van der Waals surface area contributed by atoms with Crippen molar-refractivity contribution in [2.45, 2.75) is 0 Å². The van der Waals surface area contributed by atoms with Gasteiger partial charge in [0.2, 0.25) is 11.5 Å². The molecule has 0 unspecified atom stereocenters. The standard InChI is InChI=1S/2C22H17NO2S2.C21H15NO2S2.6C7H7.2Ti/c2*1-25(2)20-13-26-11-16(20)22-21(24)19(12-27-22)23-17-9-5-3-7-14(17)15-8-4-6-10-18(15)23;1-24-19-12-25-10-15(19)21-20(23)18(11-26-21)22-16-8-4-2-6-13(16)14-7-3-5-9-17(14)22;6*1-7-5-3-2-4-6-7;;/h2*3-13,24H,1H2,2H3;2-12,23H,1H3;6*2-6H,1H2;;/q;;;6*-1;+2;+4. The number of hydrogen-bond acceptors (Lipinski definition) is 10. The average molecular weight is 1800 g/mol. The fourth-order valence-electron chi connectivity index (χ4n) is 13.5. The summed E-state index contributed by atoms with van der Waals surface area (Å²) in [6.07, 6.45) is 0. The van der Waals surface area contributed by atoms with Gasteiger partial charge in [0.25, 0.3) is 0 Å². The van der Waals surface area contributed by atoms with Crippen molar-refractivity contribution in [2.75, 3.05) is 21.3 Å². The summed E-state index contributed by atoms with van der Waals surface area (Å²) in [5, 5.41) is 58.6. The third kappa shape index (κ3) is 22.4. The van der Waals surface area contributed by atoms with E-state index in [9.17, 15) is 15.3 Å². The minimum Gasteiger partial charge on any atom is -0.713 e. The molecule has 0 saturated heterocycles. The Labute approximate surface area is 781 Å². The topological polar surface area (TPSA) is 90.1 Å². The van der Waals surface area contributed by atoms with Gasteiger partial charge >= 0.3 is 43.4 Å². The zero-order valence-electron chi connectivity index (χ0n) is 68.9. The SMILES string of the molecule is COc1cscc1-c1scc(-n2c3ccccc3c3ccccc32)c1O.[CH2-][O+](C)c1cscc1-c1scc(-n2c3ccccc3c3ccccc32)c1O.[CH2-][O+](C)c1cscc1-c1scc(-n2c3ccccc3c3ccccc32)c1O.[CH2-]c1ccccc1.[CH2-]c1ccccc1.[CH2-]c1ccccc1.[CH2-]c1ccccc1.[CH2-]c1ccccc1.[CH2-]c1ccccc1.[Ti+2].[Ti+4]. The van der Waals surface area contributed by atoms with Crippen LogP contribution >= 0.6 is 68.0 Å². The van der Waals surface area contributed by atoms with Crippen LogP contribution in [0.25, 0.3) is 114 Å². The van der Waals surface area contributed by atoms with Crippen LogP contribution < -0.4 is 4.74 Å². The summed E-state index contributed by atoms with van der Waals surface area (Å²) in [4.78, 5) is 2.54. The number of fused-ring (bicyclic) bond motifs is 9. The van der Waals surface area contributed by atoms with Gasteiger partial charge in [0.15, 0.2) is 17.2 Å². The first kappa shape index (κ1) is 92.4. The molecule has 0 amide bonds. The van der Waals surface area contributed by atoms with E-state index < -0.39 is 0 Å². The van der Waals surface area contributed by atoms with E-state index in [0.29, 0.717) is 17.2 Å². The second-order valence-corrected chi connectivity index (χ2v) is 32.7. The molecule has 9 nitrogen and oxygen atoms in total. The molecule has 0 bridgehead atoms. The summed E-state index contributed by atoms with van der Waals surface area (Å²) in [5.41, 5.74) is 18.3. The monoisotopic (exact) mass is 1800 g/mol. The van der Waals surface area contributed by atoms with Crippen LogP contribution in [0.3, 0.4) is 0 Å². The van der Waals surface area contributed by atoms with Gasteiger partial charge in [0.05, 0.1) is 93.8 Å². The van der Waals surface area contributed by atoms with Gasteiger partial charge in [-0.15, -0.1) is 141 Å². The third-order valence-corrected chi connectivity index (χ3v) is 24.5. The zero-order chi connectivity index (χ0) is 85.4. The largest absolute Gasteiger partial charge is 4.00 e. The molecular weight excluding hydrogens is 1710 g/mol.